The van der Waals surface area contributed by atoms with E-state index in [4.69, 9.17) is 14.2 Å². The maximum atomic E-state index is 12.2. The number of hydrogen-bond acceptors (Lipinski definition) is 6. The average Bonchev–Trinajstić information content (AvgIpc) is 2.71. The summed E-state index contributed by atoms with van der Waals surface area (Å²) in [7, 11) is 2.95. The Morgan fingerprint density at radius 1 is 0.926 bits per heavy atom. The number of carbonyl (C=O) groups is 3. The highest BCUT2D eigenvalue weighted by molar-refractivity contribution is 5.99. The summed E-state index contributed by atoms with van der Waals surface area (Å²) in [6, 6.07) is 12.3. The Kier molecular flexibility index (Phi) is 6.93. The molecule has 0 aliphatic heterocycles. The topological polar surface area (TPSA) is 90.9 Å². The monoisotopic (exact) mass is 371 g/mol. The number of benzene rings is 2. The minimum Gasteiger partial charge on any atom is -0.493 e. The Balaban J connectivity index is 1.90. The summed E-state index contributed by atoms with van der Waals surface area (Å²) < 4.78 is 15.3. The molecule has 7 nitrogen and oxygen atoms in total. The maximum Gasteiger partial charge on any atom is 0.328 e. The summed E-state index contributed by atoms with van der Waals surface area (Å²) in [5.41, 5.74) is 0.750. The number of esters is 1. The van der Waals surface area contributed by atoms with Crippen molar-refractivity contribution in [2.45, 2.75) is 13.0 Å². The molecule has 1 atom stereocenters. The first-order valence-electron chi connectivity index (χ1n) is 8.24. The van der Waals surface area contributed by atoms with E-state index in [0.29, 0.717) is 22.6 Å². The summed E-state index contributed by atoms with van der Waals surface area (Å²) in [6.45, 7) is 1.05. The molecule has 0 heterocycles. The van der Waals surface area contributed by atoms with Crippen LogP contribution in [0.4, 0.5) is 0 Å². The molecule has 0 fully saturated rings. The number of nitrogens with one attached hydrogen (secondary N) is 1. The highest BCUT2D eigenvalue weighted by atomic mass is 16.5. The summed E-state index contributed by atoms with van der Waals surface area (Å²) in [6.07, 6.45) is 0. The van der Waals surface area contributed by atoms with Gasteiger partial charge >= 0.3 is 5.97 Å². The number of ether oxygens (including phenoxy) is 3. The minimum absolute atomic E-state index is 0.321. The smallest absolute Gasteiger partial charge is 0.328 e. The molecule has 0 saturated heterocycles. The Morgan fingerprint density at radius 2 is 1.59 bits per heavy atom. The highest BCUT2D eigenvalue weighted by Crippen LogP contribution is 2.27. The fourth-order valence-electron chi connectivity index (χ4n) is 2.28. The second kappa shape index (κ2) is 9.38. The van der Waals surface area contributed by atoms with E-state index >= 15 is 0 Å². The third-order valence-electron chi connectivity index (χ3n) is 3.79. The van der Waals surface area contributed by atoms with E-state index in [9.17, 15) is 14.4 Å². The van der Waals surface area contributed by atoms with Crippen LogP contribution in [0.5, 0.6) is 11.5 Å². The average molecular weight is 371 g/mol. The molecule has 1 N–H and O–H groups in total. The molecule has 142 valence electrons. The van der Waals surface area contributed by atoms with Crippen molar-refractivity contribution in [3.63, 3.8) is 0 Å². The fourth-order valence-corrected chi connectivity index (χ4v) is 2.28. The third kappa shape index (κ3) is 5.31. The molecule has 0 radical (unpaired) electrons. The molecule has 0 unspecified atom stereocenters. The molecule has 0 spiro atoms. The first-order chi connectivity index (χ1) is 13.0. The molecule has 2 aromatic rings. The standard InChI is InChI=1S/C20H21NO6/c1-13(21-19(23)14-7-5-4-6-8-14)20(24)27-12-16(22)15-9-10-17(25-2)18(11-15)26-3/h4-11,13H,12H2,1-3H3,(H,21,23)/t13-/m0/s1. The zero-order valence-electron chi connectivity index (χ0n) is 15.4. The Morgan fingerprint density at radius 3 is 2.22 bits per heavy atom. The van der Waals surface area contributed by atoms with Crippen LogP contribution >= 0.6 is 0 Å². The lowest BCUT2D eigenvalue weighted by atomic mass is 10.1. The second-order valence-electron chi connectivity index (χ2n) is 5.66. The van der Waals surface area contributed by atoms with Gasteiger partial charge in [-0.2, -0.15) is 0 Å². The highest BCUT2D eigenvalue weighted by Gasteiger charge is 2.20. The lowest BCUT2D eigenvalue weighted by Gasteiger charge is -2.13. The van der Waals surface area contributed by atoms with Gasteiger partial charge in [0, 0.05) is 11.1 Å². The Labute approximate surface area is 157 Å². The van der Waals surface area contributed by atoms with Gasteiger partial charge in [-0.05, 0) is 37.3 Å². The van der Waals surface area contributed by atoms with Gasteiger partial charge in [-0.15, -0.1) is 0 Å². The van der Waals surface area contributed by atoms with Gasteiger partial charge in [-0.3, -0.25) is 9.59 Å². The number of ketones is 1. The zero-order chi connectivity index (χ0) is 19.8. The Bertz CT molecular complexity index is 818. The number of amides is 1. The van der Waals surface area contributed by atoms with Gasteiger partial charge in [-0.25, -0.2) is 4.79 Å². The van der Waals surface area contributed by atoms with E-state index in [0.717, 1.165) is 0 Å². The first kappa shape index (κ1) is 20.0. The molecule has 7 heteroatoms. The summed E-state index contributed by atoms with van der Waals surface area (Å²) in [5.74, 6) is -0.605. The van der Waals surface area contributed by atoms with Crippen molar-refractivity contribution in [1.82, 2.24) is 5.32 Å². The summed E-state index contributed by atoms with van der Waals surface area (Å²) in [5, 5.41) is 2.53. The molecule has 0 aliphatic rings. The number of methoxy groups -OCH3 is 2. The first-order valence-corrected chi connectivity index (χ1v) is 8.24. The van der Waals surface area contributed by atoms with Crippen LogP contribution in [0.15, 0.2) is 48.5 Å². The number of hydrogen-bond donors (Lipinski definition) is 1. The van der Waals surface area contributed by atoms with Crippen molar-refractivity contribution in [2.24, 2.45) is 0 Å². The van der Waals surface area contributed by atoms with Crippen molar-refractivity contribution < 1.29 is 28.6 Å². The third-order valence-corrected chi connectivity index (χ3v) is 3.79. The maximum absolute atomic E-state index is 12.2. The number of Topliss-reactive ketones (excluding diaryl/α,β-unsaturated/α-hetero) is 1. The van der Waals surface area contributed by atoms with Crippen LogP contribution in [0.2, 0.25) is 0 Å². The van der Waals surface area contributed by atoms with E-state index in [1.165, 1.54) is 27.2 Å². The van der Waals surface area contributed by atoms with Gasteiger partial charge in [0.2, 0.25) is 0 Å². The van der Waals surface area contributed by atoms with Crippen LogP contribution in [0.1, 0.15) is 27.6 Å². The summed E-state index contributed by atoms with van der Waals surface area (Å²) in [4.78, 5) is 36.3. The van der Waals surface area contributed by atoms with E-state index in [2.05, 4.69) is 5.32 Å². The van der Waals surface area contributed by atoms with Crippen molar-refractivity contribution in [3.05, 3.63) is 59.7 Å². The molecular formula is C20H21NO6. The van der Waals surface area contributed by atoms with E-state index in [1.54, 1.807) is 42.5 Å². The van der Waals surface area contributed by atoms with Crippen molar-refractivity contribution in [3.8, 4) is 11.5 Å². The fraction of sp³-hybridized carbons (Fsp3) is 0.250. The van der Waals surface area contributed by atoms with Crippen LogP contribution in [-0.4, -0.2) is 44.5 Å². The van der Waals surface area contributed by atoms with Gasteiger partial charge in [-0.1, -0.05) is 18.2 Å². The largest absolute Gasteiger partial charge is 0.493 e. The molecular weight excluding hydrogens is 350 g/mol. The Hall–Kier alpha value is -3.35. The van der Waals surface area contributed by atoms with Crippen molar-refractivity contribution in [2.75, 3.05) is 20.8 Å². The minimum atomic E-state index is -0.893. The molecule has 0 saturated carbocycles. The molecule has 2 rings (SSSR count). The SMILES string of the molecule is COc1ccc(C(=O)COC(=O)[C@H](C)NC(=O)c2ccccc2)cc1OC. The van der Waals surface area contributed by atoms with Gasteiger partial charge in [0.15, 0.2) is 23.9 Å². The normalized spacial score (nSPS) is 11.2. The lowest BCUT2D eigenvalue weighted by Crippen LogP contribution is -2.40. The van der Waals surface area contributed by atoms with Crippen LogP contribution in [0, 0.1) is 0 Å². The van der Waals surface area contributed by atoms with Crippen LogP contribution in [0.3, 0.4) is 0 Å². The predicted molar refractivity (Wildman–Crippen MR) is 98.2 cm³/mol. The van der Waals surface area contributed by atoms with E-state index in [-0.39, 0.29) is 0 Å². The lowest BCUT2D eigenvalue weighted by molar-refractivity contribution is -0.144. The summed E-state index contributed by atoms with van der Waals surface area (Å²) >= 11 is 0. The second-order valence-corrected chi connectivity index (χ2v) is 5.66. The van der Waals surface area contributed by atoms with Crippen LogP contribution in [0.25, 0.3) is 0 Å². The van der Waals surface area contributed by atoms with Crippen molar-refractivity contribution >= 4 is 17.7 Å². The quantitative estimate of drug-likeness (QED) is 0.565. The van der Waals surface area contributed by atoms with Crippen LogP contribution in [-0.2, 0) is 9.53 Å². The van der Waals surface area contributed by atoms with Gasteiger partial charge in [0.25, 0.3) is 5.91 Å². The molecule has 0 aromatic heterocycles. The van der Waals surface area contributed by atoms with Gasteiger partial charge in [0.05, 0.1) is 14.2 Å². The molecule has 0 aliphatic carbocycles. The number of carbonyl (C=O) groups excluding carboxylic acids is 3. The molecule has 2 aromatic carbocycles. The molecule has 0 bridgehead atoms. The van der Waals surface area contributed by atoms with E-state index in [1.807, 2.05) is 0 Å². The molecule has 27 heavy (non-hydrogen) atoms. The van der Waals surface area contributed by atoms with Crippen molar-refractivity contribution in [1.29, 1.82) is 0 Å². The van der Waals surface area contributed by atoms with Gasteiger partial charge in [0.1, 0.15) is 6.04 Å². The number of rotatable bonds is 8. The van der Waals surface area contributed by atoms with Gasteiger partial charge < -0.3 is 19.5 Å². The van der Waals surface area contributed by atoms with E-state index < -0.39 is 30.3 Å². The molecule has 1 amide bonds. The zero-order valence-corrected chi connectivity index (χ0v) is 15.4. The van der Waals surface area contributed by atoms with Crippen LogP contribution < -0.4 is 14.8 Å². The predicted octanol–water partition coefficient (Wildman–Crippen LogP) is 2.25.